The molecular formula is C37H71NNaO13P. The van der Waals surface area contributed by atoms with Gasteiger partial charge in [-0.15, -0.1) is 0 Å². The largest absolute Gasteiger partial charge is 1.00 e. The quantitative estimate of drug-likeness (QED) is 0.0239. The Bertz CT molecular complexity index is 952. The maximum atomic E-state index is 12.7. The third kappa shape index (κ3) is 25.6. The fraction of sp³-hybridized carbons (Fsp3) is 0.946. The molecule has 0 bridgehead atoms. The number of phosphoric ester groups is 1. The molecule has 1 saturated carbocycles. The van der Waals surface area contributed by atoms with Crippen LogP contribution in [-0.4, -0.2) is 100.0 Å². The number of carbonyl (C=O) groups is 2. The second-order valence-corrected chi connectivity index (χ2v) is 15.6. The van der Waals surface area contributed by atoms with Crippen LogP contribution in [0, 0.1) is 0 Å². The molecule has 14 nitrogen and oxygen atoms in total. The van der Waals surface area contributed by atoms with E-state index in [2.05, 4.69) is 6.92 Å². The number of aliphatic hydroxyl groups is 5. The van der Waals surface area contributed by atoms with Gasteiger partial charge in [-0.2, -0.15) is 0 Å². The van der Waals surface area contributed by atoms with Gasteiger partial charge in [0, 0.05) is 12.8 Å². The van der Waals surface area contributed by atoms with Crippen LogP contribution in [0.15, 0.2) is 0 Å². The molecular weight excluding hydrogens is 720 g/mol. The van der Waals surface area contributed by atoms with Crippen LogP contribution in [0.3, 0.4) is 0 Å². The van der Waals surface area contributed by atoms with Gasteiger partial charge in [0.1, 0.15) is 43.2 Å². The van der Waals surface area contributed by atoms with Crippen LogP contribution in [0.25, 0.3) is 0 Å². The van der Waals surface area contributed by atoms with Gasteiger partial charge in [0.2, 0.25) is 0 Å². The standard InChI is InChI=1S/C37H72NO13P.Na/c1-2-3-4-5-6-7-8-9-10-12-16-19-22-25-31(40)50-29(27-48-30(39)24-21-18-15-13-11-14-17-20-23-26-38)28-49-52(46,47)51-37-35(44)33(42)32(41)34(43)36(37)45;/h29,32-37,41-45H,2-28,38H2,1H3,(H,46,47);/q;+1/p-1/t29-,32?,33-,34+,35-,36-,37?;/m1./s1. The number of unbranched alkanes of at least 4 members (excludes halogenated alkanes) is 20. The van der Waals surface area contributed by atoms with Gasteiger partial charge in [0.25, 0.3) is 7.82 Å². The normalized spacial score (nSPS) is 23.2. The second kappa shape index (κ2) is 32.8. The van der Waals surface area contributed by atoms with E-state index in [4.69, 9.17) is 24.3 Å². The monoisotopic (exact) mass is 791 g/mol. The van der Waals surface area contributed by atoms with Crippen molar-refractivity contribution in [3.8, 4) is 0 Å². The maximum Gasteiger partial charge on any atom is 1.00 e. The molecule has 1 rings (SSSR count). The molecule has 0 aliphatic heterocycles. The molecule has 0 radical (unpaired) electrons. The van der Waals surface area contributed by atoms with Crippen molar-refractivity contribution in [2.24, 2.45) is 5.73 Å². The van der Waals surface area contributed by atoms with Crippen molar-refractivity contribution in [3.05, 3.63) is 0 Å². The first-order chi connectivity index (χ1) is 24.9. The van der Waals surface area contributed by atoms with E-state index in [-0.39, 0.29) is 42.4 Å². The molecule has 0 aromatic carbocycles. The van der Waals surface area contributed by atoms with Crippen LogP contribution >= 0.6 is 7.82 Å². The summed E-state index contributed by atoms with van der Waals surface area (Å²) in [4.78, 5) is 37.7. The number of rotatable bonds is 33. The molecule has 1 aliphatic rings. The summed E-state index contributed by atoms with van der Waals surface area (Å²) in [6.45, 7) is 1.68. The minimum Gasteiger partial charge on any atom is -0.756 e. The van der Waals surface area contributed by atoms with Crippen LogP contribution in [0.4, 0.5) is 0 Å². The first kappa shape index (κ1) is 52.8. The van der Waals surface area contributed by atoms with Crippen molar-refractivity contribution in [1.29, 1.82) is 0 Å². The zero-order chi connectivity index (χ0) is 38.6. The van der Waals surface area contributed by atoms with Crippen LogP contribution < -0.4 is 40.2 Å². The van der Waals surface area contributed by atoms with E-state index in [0.717, 1.165) is 70.8 Å². The summed E-state index contributed by atoms with van der Waals surface area (Å²) in [7, 11) is -5.36. The molecule has 0 saturated heterocycles. The Labute approximate surface area is 340 Å². The Morgan fingerprint density at radius 2 is 0.981 bits per heavy atom. The van der Waals surface area contributed by atoms with Gasteiger partial charge in [-0.1, -0.05) is 129 Å². The van der Waals surface area contributed by atoms with Crippen LogP contribution in [-0.2, 0) is 32.7 Å². The number of esters is 2. The first-order valence-corrected chi connectivity index (χ1v) is 21.5. The summed E-state index contributed by atoms with van der Waals surface area (Å²) >= 11 is 0. The summed E-state index contributed by atoms with van der Waals surface area (Å²) in [5, 5.41) is 49.8. The number of ether oxygens (including phenoxy) is 2. The zero-order valence-corrected chi connectivity index (χ0v) is 35.6. The number of phosphoric acid groups is 1. The van der Waals surface area contributed by atoms with Crippen molar-refractivity contribution in [2.45, 2.75) is 204 Å². The molecule has 16 heteroatoms. The Hall–Kier alpha value is -0.190. The third-order valence-corrected chi connectivity index (χ3v) is 10.5. The Morgan fingerprint density at radius 1 is 0.604 bits per heavy atom. The van der Waals surface area contributed by atoms with E-state index in [0.29, 0.717) is 12.8 Å². The molecule has 0 spiro atoms. The molecule has 3 unspecified atom stereocenters. The number of nitrogens with two attached hydrogens (primary N) is 1. The fourth-order valence-corrected chi connectivity index (χ4v) is 7.19. The van der Waals surface area contributed by atoms with Crippen molar-refractivity contribution in [3.63, 3.8) is 0 Å². The maximum absolute atomic E-state index is 12.7. The van der Waals surface area contributed by atoms with Gasteiger partial charge in [-0.3, -0.25) is 14.2 Å². The average Bonchev–Trinajstić information content (AvgIpc) is 3.12. The van der Waals surface area contributed by atoms with Gasteiger partial charge in [-0.25, -0.2) is 0 Å². The van der Waals surface area contributed by atoms with Gasteiger partial charge >= 0.3 is 41.5 Å². The smallest absolute Gasteiger partial charge is 0.756 e. The minimum absolute atomic E-state index is 0. The number of hydrogen-bond acceptors (Lipinski definition) is 14. The molecule has 8 atom stereocenters. The van der Waals surface area contributed by atoms with Gasteiger partial charge in [0.15, 0.2) is 6.10 Å². The van der Waals surface area contributed by atoms with Gasteiger partial charge in [-0.05, 0) is 25.8 Å². The molecule has 1 fully saturated rings. The predicted octanol–water partition coefficient (Wildman–Crippen LogP) is 1.47. The molecule has 7 N–H and O–H groups in total. The van der Waals surface area contributed by atoms with Crippen LogP contribution in [0.5, 0.6) is 0 Å². The van der Waals surface area contributed by atoms with Crippen LogP contribution in [0.1, 0.15) is 161 Å². The summed E-state index contributed by atoms with van der Waals surface area (Å²) in [6, 6.07) is 0. The van der Waals surface area contributed by atoms with Crippen molar-refractivity contribution >= 4 is 19.8 Å². The molecule has 1 aliphatic carbocycles. The van der Waals surface area contributed by atoms with Crippen molar-refractivity contribution in [2.75, 3.05) is 19.8 Å². The van der Waals surface area contributed by atoms with Crippen molar-refractivity contribution in [1.82, 2.24) is 0 Å². The Kier molecular flexibility index (Phi) is 32.7. The van der Waals surface area contributed by atoms with Crippen LogP contribution in [0.2, 0.25) is 0 Å². The first-order valence-electron chi connectivity index (χ1n) is 20.0. The van der Waals surface area contributed by atoms with E-state index in [1.54, 1.807) is 0 Å². The molecule has 0 amide bonds. The third-order valence-electron chi connectivity index (χ3n) is 9.54. The summed E-state index contributed by atoms with van der Waals surface area (Å²) < 4.78 is 32.9. The molecule has 0 heterocycles. The second-order valence-electron chi connectivity index (χ2n) is 14.3. The summed E-state index contributed by atoms with van der Waals surface area (Å²) in [6.07, 6.45) is 10.9. The zero-order valence-electron chi connectivity index (χ0n) is 32.7. The SMILES string of the molecule is CCCCCCCCCCCCCCCC(=O)O[C@H](COC(=O)CCCCCCCCCCCN)COP(=O)([O-])OC1[C@H](O)[C@H](O)C(O)[C@H](O)[C@H]1O.[Na+]. The predicted molar refractivity (Wildman–Crippen MR) is 195 cm³/mol. The minimum atomic E-state index is -5.36. The van der Waals surface area contributed by atoms with Gasteiger partial charge in [0.05, 0.1) is 6.61 Å². The summed E-state index contributed by atoms with van der Waals surface area (Å²) in [5.41, 5.74) is 5.52. The average molecular weight is 792 g/mol. The van der Waals surface area contributed by atoms with E-state index < -0.39 is 75.7 Å². The van der Waals surface area contributed by atoms with Crippen molar-refractivity contribution < 1.29 is 92.7 Å². The summed E-state index contributed by atoms with van der Waals surface area (Å²) in [5.74, 6) is -1.15. The molecule has 308 valence electrons. The molecule has 0 aromatic rings. The van der Waals surface area contributed by atoms with Gasteiger partial charge < -0.3 is 54.7 Å². The van der Waals surface area contributed by atoms with E-state index in [9.17, 15) is 44.6 Å². The van der Waals surface area contributed by atoms with E-state index in [1.807, 2.05) is 0 Å². The Morgan fingerprint density at radius 3 is 1.42 bits per heavy atom. The number of carbonyl (C=O) groups excluding carboxylic acids is 2. The Balaban J connectivity index is 0.0000270. The van der Waals surface area contributed by atoms with E-state index >= 15 is 0 Å². The number of aliphatic hydroxyl groups excluding tert-OH is 5. The topological polar surface area (TPSA) is 238 Å². The van der Waals surface area contributed by atoms with E-state index in [1.165, 1.54) is 64.2 Å². The number of hydrogen-bond donors (Lipinski definition) is 6. The molecule has 53 heavy (non-hydrogen) atoms. The fourth-order valence-electron chi connectivity index (χ4n) is 6.23. The molecule has 0 aromatic heterocycles.